The molecule has 0 radical (unpaired) electrons. The number of thiocarbonyl (C=S) groups is 1. The van der Waals surface area contributed by atoms with Gasteiger partial charge in [-0.15, -0.1) is 0 Å². The maximum absolute atomic E-state index is 12.5. The van der Waals surface area contributed by atoms with Crippen molar-refractivity contribution < 1.29 is 4.79 Å². The van der Waals surface area contributed by atoms with Crippen LogP contribution in [0.25, 0.3) is 0 Å². The molecule has 0 heterocycles. The van der Waals surface area contributed by atoms with Crippen molar-refractivity contribution in [3.63, 3.8) is 0 Å². The van der Waals surface area contributed by atoms with Crippen LogP contribution >= 0.6 is 12.2 Å². The summed E-state index contributed by atoms with van der Waals surface area (Å²) >= 11 is 5.07. The first kappa shape index (κ1) is 15.7. The molecule has 20 heavy (non-hydrogen) atoms. The molecule has 2 aliphatic carbocycles. The molecule has 4 atom stereocenters. The summed E-state index contributed by atoms with van der Waals surface area (Å²) in [7, 11) is 0. The molecule has 4 heteroatoms. The number of carbonyl (C=O) groups excluding carboxylic acids is 1. The second kappa shape index (κ2) is 6.88. The van der Waals surface area contributed by atoms with Crippen molar-refractivity contribution in [2.75, 3.05) is 0 Å². The van der Waals surface area contributed by atoms with E-state index in [1.165, 1.54) is 32.1 Å². The van der Waals surface area contributed by atoms with Gasteiger partial charge in [-0.25, -0.2) is 0 Å². The van der Waals surface area contributed by atoms with Crippen LogP contribution in [0, 0.1) is 23.7 Å². The lowest BCUT2D eigenvalue weighted by Crippen LogP contribution is -2.49. The predicted molar refractivity (Wildman–Crippen MR) is 86.3 cm³/mol. The third kappa shape index (κ3) is 3.72. The first-order chi connectivity index (χ1) is 9.49. The largest absolute Gasteiger partial charge is 0.392 e. The molecule has 4 unspecified atom stereocenters. The summed E-state index contributed by atoms with van der Waals surface area (Å²) in [6.07, 6.45) is 8.75. The van der Waals surface area contributed by atoms with E-state index in [1.54, 1.807) is 0 Å². The Labute approximate surface area is 128 Å². The zero-order valence-electron chi connectivity index (χ0n) is 12.7. The highest BCUT2D eigenvalue weighted by atomic mass is 32.1. The van der Waals surface area contributed by atoms with E-state index < -0.39 is 0 Å². The summed E-state index contributed by atoms with van der Waals surface area (Å²) in [5.41, 5.74) is 5.74. The monoisotopic (exact) mass is 296 g/mol. The van der Waals surface area contributed by atoms with E-state index >= 15 is 0 Å². The Balaban J connectivity index is 1.91. The van der Waals surface area contributed by atoms with Gasteiger partial charge >= 0.3 is 0 Å². The van der Waals surface area contributed by atoms with Crippen LogP contribution in [-0.4, -0.2) is 16.9 Å². The van der Waals surface area contributed by atoms with Crippen molar-refractivity contribution in [1.82, 2.24) is 5.32 Å². The minimum Gasteiger partial charge on any atom is -0.392 e. The molecule has 0 aromatic heterocycles. The first-order valence-electron chi connectivity index (χ1n) is 8.08. The van der Waals surface area contributed by atoms with E-state index in [1.807, 2.05) is 13.8 Å². The summed E-state index contributed by atoms with van der Waals surface area (Å²) in [6.45, 7) is 4.09. The van der Waals surface area contributed by atoms with Gasteiger partial charge in [0.2, 0.25) is 5.91 Å². The Morgan fingerprint density at radius 2 is 1.80 bits per heavy atom. The minimum absolute atomic E-state index is 0.165. The van der Waals surface area contributed by atoms with E-state index in [2.05, 4.69) is 5.32 Å². The molecule has 0 bridgehead atoms. The highest BCUT2D eigenvalue weighted by molar-refractivity contribution is 7.80. The molecule has 2 fully saturated rings. The number of carbonyl (C=O) groups is 1. The Bertz CT molecular complexity index is 369. The van der Waals surface area contributed by atoms with E-state index in [9.17, 15) is 4.79 Å². The van der Waals surface area contributed by atoms with Crippen molar-refractivity contribution in [3.8, 4) is 0 Å². The summed E-state index contributed by atoms with van der Waals surface area (Å²) in [4.78, 5) is 12.9. The van der Waals surface area contributed by atoms with Crippen molar-refractivity contribution in [2.45, 2.75) is 64.8 Å². The number of nitrogens with two attached hydrogens (primary N) is 1. The molecular weight excluding hydrogens is 268 g/mol. The lowest BCUT2D eigenvalue weighted by atomic mass is 9.67. The van der Waals surface area contributed by atoms with Gasteiger partial charge in [-0.1, -0.05) is 51.7 Å². The van der Waals surface area contributed by atoms with Gasteiger partial charge in [0.05, 0.1) is 11.0 Å². The SMILES string of the molecule is CC(C)C(NC(=O)C1CCC2CCCCC2C1)C(N)=S. The van der Waals surface area contributed by atoms with Gasteiger partial charge in [-0.05, 0) is 37.0 Å². The van der Waals surface area contributed by atoms with Crippen LogP contribution < -0.4 is 11.1 Å². The van der Waals surface area contributed by atoms with Crippen LogP contribution in [-0.2, 0) is 4.79 Å². The van der Waals surface area contributed by atoms with Crippen LogP contribution in [0.3, 0.4) is 0 Å². The van der Waals surface area contributed by atoms with Gasteiger partial charge in [0.1, 0.15) is 0 Å². The topological polar surface area (TPSA) is 55.1 Å². The molecule has 0 saturated heterocycles. The molecule has 1 amide bonds. The average molecular weight is 296 g/mol. The first-order valence-corrected chi connectivity index (χ1v) is 8.49. The maximum Gasteiger partial charge on any atom is 0.223 e. The Kier molecular flexibility index (Phi) is 5.42. The number of nitrogens with one attached hydrogen (secondary N) is 1. The van der Waals surface area contributed by atoms with Gasteiger partial charge in [-0.2, -0.15) is 0 Å². The Morgan fingerprint density at radius 3 is 2.40 bits per heavy atom. The van der Waals surface area contributed by atoms with Crippen molar-refractivity contribution in [2.24, 2.45) is 29.4 Å². The van der Waals surface area contributed by atoms with Crippen LogP contribution in [0.1, 0.15) is 58.8 Å². The van der Waals surface area contributed by atoms with Crippen molar-refractivity contribution >= 4 is 23.1 Å². The smallest absolute Gasteiger partial charge is 0.223 e. The number of hydrogen-bond donors (Lipinski definition) is 2. The molecule has 0 aromatic rings. The van der Waals surface area contributed by atoms with E-state index in [0.717, 1.165) is 24.7 Å². The van der Waals surface area contributed by atoms with Crippen LogP contribution in [0.15, 0.2) is 0 Å². The second-order valence-electron chi connectivity index (χ2n) is 6.95. The highest BCUT2D eigenvalue weighted by Crippen LogP contribution is 2.42. The van der Waals surface area contributed by atoms with Gasteiger partial charge in [0, 0.05) is 5.92 Å². The number of hydrogen-bond acceptors (Lipinski definition) is 2. The van der Waals surface area contributed by atoms with Crippen LogP contribution in [0.4, 0.5) is 0 Å². The maximum atomic E-state index is 12.5. The fourth-order valence-electron chi connectivity index (χ4n) is 3.95. The lowest BCUT2D eigenvalue weighted by Gasteiger charge is -2.39. The summed E-state index contributed by atoms with van der Waals surface area (Å²) < 4.78 is 0. The lowest BCUT2D eigenvalue weighted by molar-refractivity contribution is -0.127. The number of rotatable bonds is 4. The zero-order chi connectivity index (χ0) is 14.7. The molecule has 0 aliphatic heterocycles. The van der Waals surface area contributed by atoms with Crippen molar-refractivity contribution in [3.05, 3.63) is 0 Å². The summed E-state index contributed by atoms with van der Waals surface area (Å²) in [6, 6.07) is -0.165. The Hall–Kier alpha value is -0.640. The molecular formula is C16H28N2OS. The molecule has 2 aliphatic rings. The summed E-state index contributed by atoms with van der Waals surface area (Å²) in [5.74, 6) is 2.24. The normalized spacial score (nSPS) is 31.4. The molecule has 2 rings (SSSR count). The van der Waals surface area contributed by atoms with Crippen LogP contribution in [0.5, 0.6) is 0 Å². The quantitative estimate of drug-likeness (QED) is 0.784. The number of fused-ring (bicyclic) bond motifs is 1. The molecule has 114 valence electrons. The fourth-order valence-corrected chi connectivity index (χ4v) is 4.28. The highest BCUT2D eigenvalue weighted by Gasteiger charge is 2.35. The second-order valence-corrected chi connectivity index (χ2v) is 7.42. The molecule has 0 spiro atoms. The molecule has 0 aromatic carbocycles. The van der Waals surface area contributed by atoms with Gasteiger partial charge in [0.15, 0.2) is 0 Å². The molecule has 3 nitrogen and oxygen atoms in total. The van der Waals surface area contributed by atoms with Gasteiger partial charge in [-0.3, -0.25) is 4.79 Å². The predicted octanol–water partition coefficient (Wildman–Crippen LogP) is 3.02. The van der Waals surface area contributed by atoms with E-state index in [-0.39, 0.29) is 23.8 Å². The van der Waals surface area contributed by atoms with E-state index in [0.29, 0.717) is 4.99 Å². The van der Waals surface area contributed by atoms with Crippen molar-refractivity contribution in [1.29, 1.82) is 0 Å². The molecule has 3 N–H and O–H groups in total. The van der Waals surface area contributed by atoms with Gasteiger partial charge < -0.3 is 11.1 Å². The van der Waals surface area contributed by atoms with Gasteiger partial charge in [0.25, 0.3) is 0 Å². The number of amides is 1. The fraction of sp³-hybridized carbons (Fsp3) is 0.875. The standard InChI is InChI=1S/C16H28N2OS/c1-10(2)14(15(17)20)18-16(19)13-8-7-11-5-3-4-6-12(11)9-13/h10-14H,3-9H2,1-2H3,(H2,17,20)(H,18,19). The third-order valence-electron chi connectivity index (χ3n) is 5.18. The third-order valence-corrected chi connectivity index (χ3v) is 5.44. The summed E-state index contributed by atoms with van der Waals surface area (Å²) in [5, 5.41) is 3.08. The molecule has 2 saturated carbocycles. The zero-order valence-corrected chi connectivity index (χ0v) is 13.5. The average Bonchev–Trinajstić information content (AvgIpc) is 2.43. The van der Waals surface area contributed by atoms with Crippen LogP contribution in [0.2, 0.25) is 0 Å². The van der Waals surface area contributed by atoms with E-state index in [4.69, 9.17) is 18.0 Å². The Morgan fingerprint density at radius 1 is 1.15 bits per heavy atom. The minimum atomic E-state index is -0.165.